The Kier molecular flexibility index (Phi) is 9.28. The van der Waals surface area contributed by atoms with E-state index < -0.39 is 0 Å². The van der Waals surface area contributed by atoms with Crippen LogP contribution in [-0.2, 0) is 20.6 Å². The van der Waals surface area contributed by atoms with E-state index in [2.05, 4.69) is 6.58 Å². The van der Waals surface area contributed by atoms with E-state index in [0.29, 0.717) is 39.6 Å². The predicted octanol–water partition coefficient (Wildman–Crippen LogP) is 2.06. The van der Waals surface area contributed by atoms with E-state index in [1.54, 1.807) is 7.11 Å². The average molecular weight is 295 g/mol. The van der Waals surface area contributed by atoms with Crippen LogP contribution in [0.5, 0.6) is 5.75 Å². The highest BCUT2D eigenvalue weighted by molar-refractivity contribution is 5.48. The Labute approximate surface area is 126 Å². The van der Waals surface area contributed by atoms with Crippen molar-refractivity contribution in [2.75, 3.05) is 52.5 Å². The van der Waals surface area contributed by atoms with E-state index in [0.717, 1.165) is 23.4 Å². The molecule has 0 amide bonds. The Morgan fingerprint density at radius 2 is 1.71 bits per heavy atom. The van der Waals surface area contributed by atoms with E-state index in [9.17, 15) is 0 Å². The van der Waals surface area contributed by atoms with Crippen LogP contribution in [0.25, 0.3) is 0 Å². The first-order valence-corrected chi connectivity index (χ1v) is 7.04. The lowest BCUT2D eigenvalue weighted by Crippen LogP contribution is -2.12. The molecular weight excluding hydrogens is 270 g/mol. The van der Waals surface area contributed by atoms with Crippen LogP contribution in [0.3, 0.4) is 0 Å². The zero-order chi connectivity index (χ0) is 15.3. The second kappa shape index (κ2) is 11.1. The van der Waals surface area contributed by atoms with E-state index in [1.807, 2.05) is 24.3 Å². The van der Waals surface area contributed by atoms with Crippen LogP contribution in [-0.4, -0.2) is 46.8 Å². The van der Waals surface area contributed by atoms with Crippen molar-refractivity contribution in [3.8, 4) is 5.75 Å². The first kappa shape index (κ1) is 17.5. The van der Waals surface area contributed by atoms with E-state index in [-0.39, 0.29) is 0 Å². The Hall–Kier alpha value is -1.56. The Morgan fingerprint density at radius 3 is 2.38 bits per heavy atom. The fourth-order valence-electron chi connectivity index (χ4n) is 1.73. The van der Waals surface area contributed by atoms with Crippen molar-refractivity contribution in [2.24, 2.45) is 0 Å². The number of hydrogen-bond acceptors (Lipinski definition) is 5. The van der Waals surface area contributed by atoms with Crippen molar-refractivity contribution in [3.05, 3.63) is 36.4 Å². The summed E-state index contributed by atoms with van der Waals surface area (Å²) in [6.07, 6.45) is 2.56. The number of allylic oxidation sites excluding steroid dienone is 1. The second-order valence-corrected chi connectivity index (χ2v) is 4.43. The Bertz CT molecular complexity index is 409. The molecule has 1 aromatic rings. The van der Waals surface area contributed by atoms with Crippen molar-refractivity contribution < 1.29 is 18.9 Å². The van der Waals surface area contributed by atoms with Crippen LogP contribution in [0.15, 0.2) is 30.9 Å². The smallest absolute Gasteiger partial charge is 0.123 e. The van der Waals surface area contributed by atoms with Gasteiger partial charge in [-0.2, -0.15) is 0 Å². The monoisotopic (exact) mass is 295 g/mol. The number of anilines is 1. The van der Waals surface area contributed by atoms with Gasteiger partial charge in [0.2, 0.25) is 0 Å². The third-order valence-electron chi connectivity index (χ3n) is 2.74. The molecule has 0 unspecified atom stereocenters. The van der Waals surface area contributed by atoms with Crippen molar-refractivity contribution >= 4 is 5.69 Å². The number of nitrogens with two attached hydrogens (primary N) is 1. The molecule has 0 bridgehead atoms. The molecule has 5 heteroatoms. The van der Waals surface area contributed by atoms with Gasteiger partial charge in [-0.3, -0.25) is 0 Å². The molecule has 0 aromatic heterocycles. The molecule has 1 aromatic carbocycles. The molecule has 0 aliphatic rings. The quantitative estimate of drug-likeness (QED) is 0.363. The number of benzene rings is 1. The summed E-state index contributed by atoms with van der Waals surface area (Å²) in [6, 6.07) is 5.61. The number of rotatable bonds is 12. The molecule has 0 radical (unpaired) electrons. The minimum absolute atomic E-state index is 0.492. The molecule has 5 nitrogen and oxygen atoms in total. The molecule has 0 aliphatic heterocycles. The van der Waals surface area contributed by atoms with Gasteiger partial charge in [0.05, 0.1) is 33.0 Å². The van der Waals surface area contributed by atoms with E-state index in [4.69, 9.17) is 24.7 Å². The predicted molar refractivity (Wildman–Crippen MR) is 83.8 cm³/mol. The lowest BCUT2D eigenvalue weighted by Gasteiger charge is -2.11. The van der Waals surface area contributed by atoms with Crippen LogP contribution in [0.1, 0.15) is 5.56 Å². The summed E-state index contributed by atoms with van der Waals surface area (Å²) in [7, 11) is 1.65. The standard InChI is InChI=1S/C16H25NO4/c1-3-4-14-13-15(17)5-6-16(14)21-12-11-20-10-9-19-8-7-18-2/h3,5-6,13H,1,4,7-12,17H2,2H3. The summed E-state index contributed by atoms with van der Waals surface area (Å²) < 4.78 is 21.3. The van der Waals surface area contributed by atoms with Crippen LogP contribution < -0.4 is 10.5 Å². The maximum Gasteiger partial charge on any atom is 0.123 e. The highest BCUT2D eigenvalue weighted by Gasteiger charge is 2.03. The van der Waals surface area contributed by atoms with Crippen LogP contribution >= 0.6 is 0 Å². The summed E-state index contributed by atoms with van der Waals surface area (Å²) in [5.74, 6) is 0.823. The third kappa shape index (κ3) is 7.70. The number of ether oxygens (including phenoxy) is 4. The maximum atomic E-state index is 5.76. The zero-order valence-corrected chi connectivity index (χ0v) is 12.7. The molecule has 0 atom stereocenters. The van der Waals surface area contributed by atoms with Crippen LogP contribution in [0.4, 0.5) is 5.69 Å². The molecule has 0 spiro atoms. The van der Waals surface area contributed by atoms with Gasteiger partial charge in [0.15, 0.2) is 0 Å². The van der Waals surface area contributed by atoms with Crippen molar-refractivity contribution in [1.29, 1.82) is 0 Å². The molecule has 0 aliphatic carbocycles. The largest absolute Gasteiger partial charge is 0.491 e. The minimum Gasteiger partial charge on any atom is -0.491 e. The first-order chi connectivity index (χ1) is 10.3. The first-order valence-electron chi connectivity index (χ1n) is 7.04. The SMILES string of the molecule is C=CCc1cc(N)ccc1OCCOCCOCCOC. The molecule has 118 valence electrons. The fourth-order valence-corrected chi connectivity index (χ4v) is 1.73. The van der Waals surface area contributed by atoms with Gasteiger partial charge in [0, 0.05) is 12.8 Å². The highest BCUT2D eigenvalue weighted by Crippen LogP contribution is 2.22. The number of nitrogen functional groups attached to an aromatic ring is 1. The zero-order valence-electron chi connectivity index (χ0n) is 12.7. The Morgan fingerprint density at radius 1 is 1.05 bits per heavy atom. The number of hydrogen-bond donors (Lipinski definition) is 1. The second-order valence-electron chi connectivity index (χ2n) is 4.43. The summed E-state index contributed by atoms with van der Waals surface area (Å²) >= 11 is 0. The molecule has 2 N–H and O–H groups in total. The van der Waals surface area contributed by atoms with Gasteiger partial charge in [-0.15, -0.1) is 6.58 Å². The van der Waals surface area contributed by atoms with Gasteiger partial charge in [-0.05, 0) is 30.2 Å². The topological polar surface area (TPSA) is 62.9 Å². The van der Waals surface area contributed by atoms with Crippen molar-refractivity contribution in [3.63, 3.8) is 0 Å². The molecule has 0 fully saturated rings. The van der Waals surface area contributed by atoms with Crippen molar-refractivity contribution in [1.82, 2.24) is 0 Å². The molecular formula is C16H25NO4. The molecule has 0 saturated heterocycles. The summed E-state index contributed by atoms with van der Waals surface area (Å²) in [6.45, 7) is 7.05. The van der Waals surface area contributed by atoms with Gasteiger partial charge >= 0.3 is 0 Å². The molecule has 1 rings (SSSR count). The lowest BCUT2D eigenvalue weighted by atomic mass is 10.1. The fraction of sp³-hybridized carbons (Fsp3) is 0.500. The Balaban J connectivity index is 2.16. The summed E-state index contributed by atoms with van der Waals surface area (Å²) in [5.41, 5.74) is 7.53. The van der Waals surface area contributed by atoms with Gasteiger partial charge < -0.3 is 24.7 Å². The van der Waals surface area contributed by atoms with Crippen LogP contribution in [0, 0.1) is 0 Å². The number of methoxy groups -OCH3 is 1. The van der Waals surface area contributed by atoms with E-state index >= 15 is 0 Å². The van der Waals surface area contributed by atoms with Gasteiger partial charge in [-0.1, -0.05) is 6.08 Å². The lowest BCUT2D eigenvalue weighted by molar-refractivity contribution is 0.0179. The third-order valence-corrected chi connectivity index (χ3v) is 2.74. The van der Waals surface area contributed by atoms with Crippen LogP contribution in [0.2, 0.25) is 0 Å². The van der Waals surface area contributed by atoms with E-state index in [1.165, 1.54) is 0 Å². The average Bonchev–Trinajstić information content (AvgIpc) is 2.48. The highest BCUT2D eigenvalue weighted by atomic mass is 16.6. The molecule has 21 heavy (non-hydrogen) atoms. The summed E-state index contributed by atoms with van der Waals surface area (Å²) in [4.78, 5) is 0. The van der Waals surface area contributed by atoms with Crippen molar-refractivity contribution in [2.45, 2.75) is 6.42 Å². The van der Waals surface area contributed by atoms with Gasteiger partial charge in [0.25, 0.3) is 0 Å². The van der Waals surface area contributed by atoms with Gasteiger partial charge in [-0.25, -0.2) is 0 Å². The molecule has 0 heterocycles. The van der Waals surface area contributed by atoms with Gasteiger partial charge in [0.1, 0.15) is 12.4 Å². The minimum atomic E-state index is 0.492. The normalized spacial score (nSPS) is 10.5. The maximum absolute atomic E-state index is 5.76. The molecule has 0 saturated carbocycles. The summed E-state index contributed by atoms with van der Waals surface area (Å²) in [5, 5.41) is 0.